The van der Waals surface area contributed by atoms with Gasteiger partial charge in [-0.1, -0.05) is 48.0 Å². The first-order chi connectivity index (χ1) is 14.7. The predicted octanol–water partition coefficient (Wildman–Crippen LogP) is 5.82. The van der Waals surface area contributed by atoms with E-state index >= 15 is 0 Å². The van der Waals surface area contributed by atoms with Crippen LogP contribution in [0.2, 0.25) is 5.02 Å². The Labute approximate surface area is 181 Å². The van der Waals surface area contributed by atoms with Crippen molar-refractivity contribution in [3.05, 3.63) is 65.8 Å². The highest BCUT2D eigenvalue weighted by molar-refractivity contribution is 6.39. The lowest BCUT2D eigenvalue weighted by Crippen LogP contribution is -2.39. The van der Waals surface area contributed by atoms with Crippen molar-refractivity contribution in [2.75, 3.05) is 0 Å². The van der Waals surface area contributed by atoms with Crippen LogP contribution in [-0.4, -0.2) is 26.4 Å². The van der Waals surface area contributed by atoms with Gasteiger partial charge in [0.25, 0.3) is 0 Å². The molecule has 2 bridgehead atoms. The summed E-state index contributed by atoms with van der Waals surface area (Å²) in [7, 11) is 2.07. The minimum absolute atomic E-state index is 0.416. The van der Waals surface area contributed by atoms with E-state index < -0.39 is 0 Å². The molecule has 5 heteroatoms. The molecular weight excluding hydrogens is 392 g/mol. The summed E-state index contributed by atoms with van der Waals surface area (Å²) in [5.41, 5.74) is 5.41. The minimum atomic E-state index is 0.416. The van der Waals surface area contributed by atoms with Gasteiger partial charge in [-0.25, -0.2) is 0 Å². The molecule has 4 nitrogen and oxygen atoms in total. The smallest absolute Gasteiger partial charge is 0.118 e. The zero-order valence-electron chi connectivity index (χ0n) is 17.1. The van der Waals surface area contributed by atoms with Crippen molar-refractivity contribution in [3.8, 4) is 22.5 Å². The Morgan fingerprint density at radius 1 is 0.967 bits per heavy atom. The van der Waals surface area contributed by atoms with Gasteiger partial charge in [0, 0.05) is 36.3 Å². The highest BCUT2D eigenvalue weighted by Gasteiger charge is 2.36. The number of benzene rings is 2. The third-order valence-electron chi connectivity index (χ3n) is 6.88. The zero-order valence-corrected chi connectivity index (χ0v) is 17.8. The number of hydrogen-bond donors (Lipinski definition) is 1. The standard InChI is InChI=1S/C25H25ClN4/c1-29-13-5-8-22(29)25-23-21(12-11-20(24(23)26)16-6-3-2-4-7-16)30(28-25)19-14-17-9-10-18(15-19)27-17/h2-8,11-13,17-19,27H,9-10,14-15H2,1H3/t17-,18+,19?. The van der Waals surface area contributed by atoms with E-state index in [0.717, 1.165) is 51.3 Å². The molecule has 6 rings (SSSR count). The van der Waals surface area contributed by atoms with Crippen LogP contribution in [0.3, 0.4) is 0 Å². The maximum absolute atomic E-state index is 7.10. The van der Waals surface area contributed by atoms with Crippen LogP contribution >= 0.6 is 11.6 Å². The van der Waals surface area contributed by atoms with E-state index in [0.29, 0.717) is 18.1 Å². The van der Waals surface area contributed by atoms with Gasteiger partial charge in [0.05, 0.1) is 22.3 Å². The maximum Gasteiger partial charge on any atom is 0.118 e. The van der Waals surface area contributed by atoms with E-state index in [9.17, 15) is 0 Å². The highest BCUT2D eigenvalue weighted by Crippen LogP contribution is 2.42. The minimum Gasteiger partial charge on any atom is -0.349 e. The van der Waals surface area contributed by atoms with Gasteiger partial charge in [-0.15, -0.1) is 0 Å². The topological polar surface area (TPSA) is 34.8 Å². The van der Waals surface area contributed by atoms with Crippen molar-refractivity contribution in [2.45, 2.75) is 43.8 Å². The molecule has 2 aliphatic rings. The number of hydrogen-bond acceptors (Lipinski definition) is 2. The SMILES string of the molecule is Cn1cccc1-c1nn(C2C[C@H]3CC[C@@H](C2)N3)c2ccc(-c3ccccc3)c(Cl)c12. The van der Waals surface area contributed by atoms with Gasteiger partial charge < -0.3 is 9.88 Å². The second kappa shape index (κ2) is 7.00. The van der Waals surface area contributed by atoms with E-state index in [1.54, 1.807) is 0 Å². The molecule has 2 fully saturated rings. The van der Waals surface area contributed by atoms with Crippen LogP contribution in [0.15, 0.2) is 60.8 Å². The molecule has 0 amide bonds. The lowest BCUT2D eigenvalue weighted by molar-refractivity contribution is 0.287. The molecule has 4 aromatic rings. The van der Waals surface area contributed by atoms with Gasteiger partial charge >= 0.3 is 0 Å². The Hall–Kier alpha value is -2.56. The van der Waals surface area contributed by atoms with Crippen molar-refractivity contribution >= 4 is 22.5 Å². The number of halogens is 1. The third kappa shape index (κ3) is 2.82. The average molecular weight is 417 g/mol. The van der Waals surface area contributed by atoms with E-state index in [1.165, 1.54) is 12.8 Å². The largest absolute Gasteiger partial charge is 0.349 e. The van der Waals surface area contributed by atoms with Gasteiger partial charge in [-0.2, -0.15) is 5.10 Å². The summed E-state index contributed by atoms with van der Waals surface area (Å²) in [6.45, 7) is 0. The Balaban J connectivity index is 1.58. The summed E-state index contributed by atoms with van der Waals surface area (Å²) in [6.07, 6.45) is 6.91. The fourth-order valence-electron chi connectivity index (χ4n) is 5.43. The van der Waals surface area contributed by atoms with Crippen LogP contribution in [0, 0.1) is 0 Å². The molecule has 30 heavy (non-hydrogen) atoms. The Bertz CT molecular complexity index is 1210. The quantitative estimate of drug-likeness (QED) is 0.456. The molecule has 2 aromatic carbocycles. The molecule has 1 N–H and O–H groups in total. The van der Waals surface area contributed by atoms with Gasteiger partial charge in [0.15, 0.2) is 0 Å². The molecule has 3 atom stereocenters. The number of nitrogens with zero attached hydrogens (tertiary/aromatic N) is 3. The Kier molecular flexibility index (Phi) is 4.25. The number of rotatable bonds is 3. The highest BCUT2D eigenvalue weighted by atomic mass is 35.5. The Morgan fingerprint density at radius 3 is 2.43 bits per heavy atom. The van der Waals surface area contributed by atoms with E-state index in [1.807, 2.05) is 6.07 Å². The molecule has 0 spiro atoms. The molecule has 2 aliphatic heterocycles. The molecular formula is C25H25ClN4. The van der Waals surface area contributed by atoms with Crippen LogP contribution in [0.25, 0.3) is 33.4 Å². The first kappa shape index (κ1) is 18.2. The van der Waals surface area contributed by atoms with Crippen molar-refractivity contribution in [3.63, 3.8) is 0 Å². The second-order valence-corrected chi connectivity index (χ2v) is 9.13. The van der Waals surface area contributed by atoms with Crippen molar-refractivity contribution < 1.29 is 0 Å². The summed E-state index contributed by atoms with van der Waals surface area (Å²) < 4.78 is 4.40. The fourth-order valence-corrected chi connectivity index (χ4v) is 5.78. The van der Waals surface area contributed by atoms with Crippen LogP contribution in [0.4, 0.5) is 0 Å². The zero-order chi connectivity index (χ0) is 20.2. The number of aromatic nitrogens is 3. The molecule has 0 radical (unpaired) electrons. The van der Waals surface area contributed by atoms with E-state index in [2.05, 4.69) is 76.3 Å². The van der Waals surface area contributed by atoms with E-state index in [4.69, 9.17) is 16.7 Å². The molecule has 2 aromatic heterocycles. The summed E-state index contributed by atoms with van der Waals surface area (Å²) in [4.78, 5) is 0. The normalized spacial score (nSPS) is 23.3. The Morgan fingerprint density at radius 2 is 1.73 bits per heavy atom. The van der Waals surface area contributed by atoms with E-state index in [-0.39, 0.29) is 0 Å². The van der Waals surface area contributed by atoms with Crippen molar-refractivity contribution in [1.82, 2.24) is 19.7 Å². The summed E-state index contributed by atoms with van der Waals surface area (Å²) in [6, 6.07) is 20.6. The van der Waals surface area contributed by atoms with Crippen LogP contribution in [0.5, 0.6) is 0 Å². The number of fused-ring (bicyclic) bond motifs is 3. The van der Waals surface area contributed by atoms with Crippen LogP contribution in [-0.2, 0) is 7.05 Å². The lowest BCUT2D eigenvalue weighted by Gasteiger charge is -2.29. The summed E-state index contributed by atoms with van der Waals surface area (Å²) >= 11 is 7.10. The number of aryl methyl sites for hydroxylation is 1. The van der Waals surface area contributed by atoms with Gasteiger partial charge in [0.2, 0.25) is 0 Å². The maximum atomic E-state index is 7.10. The first-order valence-electron chi connectivity index (χ1n) is 10.8. The monoisotopic (exact) mass is 416 g/mol. The van der Waals surface area contributed by atoms with Crippen LogP contribution < -0.4 is 5.32 Å². The molecule has 0 aliphatic carbocycles. The molecule has 152 valence electrons. The molecule has 0 saturated carbocycles. The number of nitrogens with one attached hydrogen (secondary N) is 1. The van der Waals surface area contributed by atoms with Gasteiger partial charge in [-0.3, -0.25) is 4.68 Å². The second-order valence-electron chi connectivity index (χ2n) is 8.75. The van der Waals surface area contributed by atoms with Gasteiger partial charge in [0.1, 0.15) is 5.69 Å². The van der Waals surface area contributed by atoms with Crippen molar-refractivity contribution in [1.29, 1.82) is 0 Å². The van der Waals surface area contributed by atoms with Gasteiger partial charge in [-0.05, 0) is 49.4 Å². The third-order valence-corrected chi connectivity index (χ3v) is 7.27. The fraction of sp³-hybridized carbons (Fsp3) is 0.320. The number of piperidine rings is 1. The summed E-state index contributed by atoms with van der Waals surface area (Å²) in [5, 5.41) is 10.8. The molecule has 1 unspecified atom stereocenters. The predicted molar refractivity (Wildman–Crippen MR) is 123 cm³/mol. The lowest BCUT2D eigenvalue weighted by atomic mass is 9.99. The molecule has 2 saturated heterocycles. The molecule has 4 heterocycles. The van der Waals surface area contributed by atoms with Crippen molar-refractivity contribution in [2.24, 2.45) is 7.05 Å². The average Bonchev–Trinajstić information content (AvgIpc) is 3.45. The summed E-state index contributed by atoms with van der Waals surface area (Å²) in [5.74, 6) is 0. The first-order valence-corrected chi connectivity index (χ1v) is 11.2. The van der Waals surface area contributed by atoms with Crippen LogP contribution in [0.1, 0.15) is 31.7 Å².